The van der Waals surface area contributed by atoms with Gasteiger partial charge >= 0.3 is 12.4 Å². The summed E-state index contributed by atoms with van der Waals surface area (Å²) in [5.41, 5.74) is 1.37. The fourth-order valence-electron chi connectivity index (χ4n) is 7.31. The zero-order valence-corrected chi connectivity index (χ0v) is 26.6. The fraction of sp³-hybridized carbons (Fsp3) is 0.0976. The summed E-state index contributed by atoms with van der Waals surface area (Å²) >= 11 is 0. The highest BCUT2D eigenvalue weighted by atomic mass is 19.4. The van der Waals surface area contributed by atoms with E-state index >= 15 is 13.2 Å². The summed E-state index contributed by atoms with van der Waals surface area (Å²) in [6.07, 6.45) is -9.77. The third kappa shape index (κ3) is 4.74. The average Bonchev–Trinajstić information content (AvgIpc) is 3.61. The van der Waals surface area contributed by atoms with Crippen LogP contribution in [0.15, 0.2) is 115 Å². The molecule has 2 heterocycles. The molecule has 0 saturated carbocycles. The van der Waals surface area contributed by atoms with Crippen LogP contribution in [0.5, 0.6) is 0 Å². The molecule has 8 rings (SSSR count). The lowest BCUT2D eigenvalue weighted by molar-refractivity contribution is -0.138. The number of para-hydroxylation sites is 2. The molecule has 0 amide bonds. The second-order valence-corrected chi connectivity index (χ2v) is 12.4. The second-order valence-electron chi connectivity index (χ2n) is 12.4. The summed E-state index contributed by atoms with van der Waals surface area (Å²) in [5, 5.41) is 3.23. The number of aromatic nitrogens is 2. The van der Waals surface area contributed by atoms with E-state index in [1.807, 2.05) is 68.4 Å². The molecule has 2 aromatic heterocycles. The number of aryl methyl sites for hydroxylation is 2. The molecule has 9 heteroatoms. The number of rotatable bonds is 3. The highest BCUT2D eigenvalue weighted by Crippen LogP contribution is 2.47. The highest BCUT2D eigenvalue weighted by molar-refractivity contribution is 6.13. The minimum absolute atomic E-state index is 0.109. The van der Waals surface area contributed by atoms with Crippen molar-refractivity contribution in [2.75, 3.05) is 0 Å². The Kier molecular flexibility index (Phi) is 6.88. The second kappa shape index (κ2) is 11.0. The lowest BCUT2D eigenvalue weighted by Gasteiger charge is -2.23. The SMILES string of the molecule is [C-]#[N+]c1cc(-c2cc(-n3c4ccccc4c4c(C)cccc43)c(-n3c4ccccc4c4c(C)cccc43)c(C(F)(F)F)c2)cc(C(F)(F)F)c1. The van der Waals surface area contributed by atoms with Gasteiger partial charge < -0.3 is 9.13 Å². The first kappa shape index (κ1) is 31.3. The Bertz CT molecular complexity index is 2720. The first-order valence-corrected chi connectivity index (χ1v) is 15.7. The molecule has 0 spiro atoms. The van der Waals surface area contributed by atoms with Crippen LogP contribution >= 0.6 is 0 Å². The molecular formula is C41H25F6N3. The van der Waals surface area contributed by atoms with E-state index in [9.17, 15) is 13.2 Å². The lowest BCUT2D eigenvalue weighted by atomic mass is 9.97. The van der Waals surface area contributed by atoms with Gasteiger partial charge in [-0.05, 0) is 90.7 Å². The van der Waals surface area contributed by atoms with Gasteiger partial charge in [0.25, 0.3) is 0 Å². The van der Waals surface area contributed by atoms with E-state index < -0.39 is 23.5 Å². The number of fused-ring (bicyclic) bond motifs is 6. The van der Waals surface area contributed by atoms with E-state index in [1.54, 1.807) is 39.5 Å². The van der Waals surface area contributed by atoms with Crippen LogP contribution < -0.4 is 0 Å². The van der Waals surface area contributed by atoms with Crippen LogP contribution in [0.2, 0.25) is 0 Å². The maximum atomic E-state index is 15.7. The van der Waals surface area contributed by atoms with Crippen LogP contribution in [0, 0.1) is 20.4 Å². The number of hydrogen-bond acceptors (Lipinski definition) is 0. The molecule has 0 aliphatic carbocycles. The molecule has 246 valence electrons. The summed E-state index contributed by atoms with van der Waals surface area (Å²) in [6.45, 7) is 11.3. The molecule has 3 nitrogen and oxygen atoms in total. The van der Waals surface area contributed by atoms with Crippen molar-refractivity contribution in [1.29, 1.82) is 0 Å². The molecule has 0 bridgehead atoms. The Morgan fingerprint density at radius 1 is 0.540 bits per heavy atom. The fourth-order valence-corrected chi connectivity index (χ4v) is 7.31. The molecule has 0 radical (unpaired) electrons. The predicted molar refractivity (Wildman–Crippen MR) is 186 cm³/mol. The molecule has 0 fully saturated rings. The minimum atomic E-state index is -4.94. The van der Waals surface area contributed by atoms with Gasteiger partial charge in [-0.2, -0.15) is 26.3 Å². The van der Waals surface area contributed by atoms with Gasteiger partial charge in [0.1, 0.15) is 0 Å². The van der Waals surface area contributed by atoms with Crippen molar-refractivity contribution in [3.63, 3.8) is 0 Å². The molecule has 0 atom stereocenters. The molecule has 0 N–H and O–H groups in total. The van der Waals surface area contributed by atoms with Crippen molar-refractivity contribution >= 4 is 49.3 Å². The number of nitrogens with zero attached hydrogens (tertiary/aromatic N) is 3. The zero-order valence-electron chi connectivity index (χ0n) is 26.6. The summed E-state index contributed by atoms with van der Waals surface area (Å²) in [5.74, 6) is 0. The third-order valence-corrected chi connectivity index (χ3v) is 9.38. The monoisotopic (exact) mass is 673 g/mol. The van der Waals surface area contributed by atoms with Crippen LogP contribution in [-0.4, -0.2) is 9.13 Å². The van der Waals surface area contributed by atoms with Gasteiger partial charge in [-0.1, -0.05) is 60.7 Å². The molecule has 0 aliphatic rings. The van der Waals surface area contributed by atoms with E-state index in [2.05, 4.69) is 4.85 Å². The largest absolute Gasteiger partial charge is 0.418 e. The minimum Gasteiger partial charge on any atom is -0.307 e. The molecular weight excluding hydrogens is 648 g/mol. The summed E-state index contributed by atoms with van der Waals surface area (Å²) in [7, 11) is 0. The van der Waals surface area contributed by atoms with E-state index in [0.29, 0.717) is 28.1 Å². The predicted octanol–water partition coefficient (Wildman–Crippen LogP) is 12.8. The first-order valence-electron chi connectivity index (χ1n) is 15.7. The molecule has 6 aromatic carbocycles. The van der Waals surface area contributed by atoms with E-state index in [4.69, 9.17) is 6.57 Å². The van der Waals surface area contributed by atoms with Crippen molar-refractivity contribution < 1.29 is 26.3 Å². The topological polar surface area (TPSA) is 14.2 Å². The van der Waals surface area contributed by atoms with Crippen molar-refractivity contribution in [3.05, 3.63) is 149 Å². The standard InChI is InChI=1S/C41H25F6N3/c1-23-10-8-16-34-37(23)29-12-4-6-14-32(29)49(34)36-21-26(25-18-27(40(42,43)44)22-28(19-25)48-3)20-31(41(45,46)47)39(36)50-33-15-7-5-13-30(33)38-24(2)11-9-17-35(38)50/h4-22H,1-2H3. The van der Waals surface area contributed by atoms with Crippen LogP contribution in [0.1, 0.15) is 22.3 Å². The van der Waals surface area contributed by atoms with Crippen LogP contribution in [0.25, 0.3) is 71.0 Å². The molecule has 0 unspecified atom stereocenters. The summed E-state index contributed by atoms with van der Waals surface area (Å²) in [4.78, 5) is 3.22. The lowest BCUT2D eigenvalue weighted by Crippen LogP contribution is -2.15. The summed E-state index contributed by atoms with van der Waals surface area (Å²) < 4.78 is 92.6. The van der Waals surface area contributed by atoms with Gasteiger partial charge in [0.15, 0.2) is 5.69 Å². The molecule has 8 aromatic rings. The maximum Gasteiger partial charge on any atom is 0.418 e. The molecule has 0 saturated heterocycles. The van der Waals surface area contributed by atoms with E-state index in [1.165, 1.54) is 12.1 Å². The van der Waals surface area contributed by atoms with Crippen molar-refractivity contribution in [2.45, 2.75) is 26.2 Å². The van der Waals surface area contributed by atoms with Crippen molar-refractivity contribution in [1.82, 2.24) is 9.13 Å². The molecule has 50 heavy (non-hydrogen) atoms. The van der Waals surface area contributed by atoms with E-state index in [-0.39, 0.29) is 28.2 Å². The van der Waals surface area contributed by atoms with Crippen LogP contribution in [0.4, 0.5) is 32.0 Å². The smallest absolute Gasteiger partial charge is 0.307 e. The number of hydrogen-bond donors (Lipinski definition) is 0. The van der Waals surface area contributed by atoms with Gasteiger partial charge in [0, 0.05) is 27.1 Å². The van der Waals surface area contributed by atoms with Gasteiger partial charge in [0.2, 0.25) is 0 Å². The van der Waals surface area contributed by atoms with Gasteiger partial charge in [-0.15, -0.1) is 0 Å². The number of benzene rings is 6. The first-order chi connectivity index (χ1) is 23.9. The highest BCUT2D eigenvalue weighted by Gasteiger charge is 2.38. The average molecular weight is 674 g/mol. The van der Waals surface area contributed by atoms with Crippen molar-refractivity contribution in [3.8, 4) is 22.5 Å². The number of halogens is 6. The van der Waals surface area contributed by atoms with Crippen LogP contribution in [0.3, 0.4) is 0 Å². The normalized spacial score (nSPS) is 12.4. The quantitative estimate of drug-likeness (QED) is 0.131. The Labute approximate surface area is 282 Å². The maximum absolute atomic E-state index is 15.7. The van der Waals surface area contributed by atoms with Gasteiger partial charge in [0.05, 0.1) is 45.6 Å². The Morgan fingerprint density at radius 2 is 1.06 bits per heavy atom. The summed E-state index contributed by atoms with van der Waals surface area (Å²) in [6, 6.07) is 30.9. The van der Waals surface area contributed by atoms with Crippen LogP contribution in [-0.2, 0) is 12.4 Å². The zero-order chi connectivity index (χ0) is 35.1. The Hall–Kier alpha value is -6.01. The Morgan fingerprint density at radius 3 is 1.62 bits per heavy atom. The van der Waals surface area contributed by atoms with Gasteiger partial charge in [-0.3, -0.25) is 0 Å². The van der Waals surface area contributed by atoms with Gasteiger partial charge in [-0.25, -0.2) is 4.85 Å². The van der Waals surface area contributed by atoms with E-state index in [0.717, 1.165) is 44.8 Å². The molecule has 0 aliphatic heterocycles. The van der Waals surface area contributed by atoms with Crippen molar-refractivity contribution in [2.24, 2.45) is 0 Å². The number of alkyl halides is 6. The Balaban J connectivity index is 1.62. The third-order valence-electron chi connectivity index (χ3n) is 9.38.